The largest absolute Gasteiger partial charge is 0.507 e. The number of phenols is 1. The smallest absolute Gasteiger partial charge is 0.259 e. The van der Waals surface area contributed by atoms with Crippen LogP contribution in [0.2, 0.25) is 10.0 Å². The van der Waals surface area contributed by atoms with Gasteiger partial charge in [0.05, 0.1) is 10.6 Å². The summed E-state index contributed by atoms with van der Waals surface area (Å²) in [4.78, 5) is 14.4. The molecule has 2 aromatic rings. The highest BCUT2D eigenvalue weighted by atomic mass is 35.5. The third-order valence-electron chi connectivity index (χ3n) is 4.51. The number of aromatic hydroxyl groups is 1. The number of aryl methyl sites for hydroxylation is 1. The quantitative estimate of drug-likeness (QED) is 0.847. The topological polar surface area (TPSA) is 40.5 Å². The van der Waals surface area contributed by atoms with Gasteiger partial charge in [-0.1, -0.05) is 53.5 Å². The Bertz CT molecular complexity index is 710. The lowest BCUT2D eigenvalue weighted by Crippen LogP contribution is -2.29. The minimum atomic E-state index is -0.226. The van der Waals surface area contributed by atoms with Crippen molar-refractivity contribution in [3.63, 3.8) is 0 Å². The maximum atomic E-state index is 12.7. The molecule has 1 aliphatic rings. The van der Waals surface area contributed by atoms with Crippen LogP contribution in [0.25, 0.3) is 0 Å². The van der Waals surface area contributed by atoms with Crippen molar-refractivity contribution < 1.29 is 9.90 Å². The second-order valence-corrected chi connectivity index (χ2v) is 7.06. The van der Waals surface area contributed by atoms with Crippen molar-refractivity contribution in [3.05, 3.63) is 63.6 Å². The molecule has 0 radical (unpaired) electrons. The van der Waals surface area contributed by atoms with Gasteiger partial charge in [-0.3, -0.25) is 4.79 Å². The van der Waals surface area contributed by atoms with E-state index in [1.807, 2.05) is 18.2 Å². The van der Waals surface area contributed by atoms with Gasteiger partial charge in [0.15, 0.2) is 0 Å². The number of phenolic OH excluding ortho intramolecular Hbond substituents is 1. The Morgan fingerprint density at radius 2 is 1.96 bits per heavy atom. The van der Waals surface area contributed by atoms with Crippen LogP contribution in [-0.4, -0.2) is 29.0 Å². The number of benzene rings is 2. The Balaban J connectivity index is 1.62. The predicted octanol–water partition coefficient (Wildman–Crippen LogP) is 4.79. The standard InChI is InChI=1S/C19H19Cl2NO2/c20-15-10-16(21)18(17(23)11-15)19(24)22-9-8-14(12-22)7-6-13-4-2-1-3-5-13/h1-5,10-11,14,23H,6-9,12H2. The molecule has 1 atom stereocenters. The molecule has 1 aliphatic heterocycles. The minimum absolute atomic E-state index is 0.143. The van der Waals surface area contributed by atoms with Gasteiger partial charge >= 0.3 is 0 Å². The van der Waals surface area contributed by atoms with Crippen molar-refractivity contribution in [2.24, 2.45) is 5.92 Å². The molecular formula is C19H19Cl2NO2. The Labute approximate surface area is 151 Å². The van der Waals surface area contributed by atoms with E-state index >= 15 is 0 Å². The molecule has 0 aliphatic carbocycles. The number of hydrogen-bond donors (Lipinski definition) is 1. The highest BCUT2D eigenvalue weighted by molar-refractivity contribution is 6.37. The summed E-state index contributed by atoms with van der Waals surface area (Å²) >= 11 is 11.9. The number of carbonyl (C=O) groups excluding carboxylic acids is 1. The summed E-state index contributed by atoms with van der Waals surface area (Å²) in [5.74, 6) is 0.0870. The fourth-order valence-electron chi connectivity index (χ4n) is 3.20. The zero-order valence-corrected chi connectivity index (χ0v) is 14.7. The lowest BCUT2D eigenvalue weighted by Gasteiger charge is -2.18. The molecule has 0 spiro atoms. The van der Waals surface area contributed by atoms with Crippen LogP contribution >= 0.6 is 23.2 Å². The van der Waals surface area contributed by atoms with Gasteiger partial charge in [-0.2, -0.15) is 0 Å². The molecule has 3 nitrogen and oxygen atoms in total. The lowest BCUT2D eigenvalue weighted by atomic mass is 9.99. The molecule has 1 fully saturated rings. The van der Waals surface area contributed by atoms with Gasteiger partial charge in [-0.25, -0.2) is 0 Å². The summed E-state index contributed by atoms with van der Waals surface area (Å²) < 4.78 is 0. The average molecular weight is 364 g/mol. The van der Waals surface area contributed by atoms with E-state index in [2.05, 4.69) is 12.1 Å². The first-order valence-corrected chi connectivity index (χ1v) is 8.81. The Kier molecular flexibility index (Phi) is 5.32. The first-order valence-electron chi connectivity index (χ1n) is 8.06. The summed E-state index contributed by atoms with van der Waals surface area (Å²) in [6.45, 7) is 1.39. The van der Waals surface area contributed by atoms with Gasteiger partial charge < -0.3 is 10.0 Å². The third-order valence-corrected chi connectivity index (χ3v) is 5.02. The molecule has 0 bridgehead atoms. The van der Waals surface area contributed by atoms with Crippen LogP contribution in [0.1, 0.15) is 28.8 Å². The Morgan fingerprint density at radius 3 is 2.67 bits per heavy atom. The summed E-state index contributed by atoms with van der Waals surface area (Å²) in [7, 11) is 0. The van der Waals surface area contributed by atoms with Crippen molar-refractivity contribution >= 4 is 29.1 Å². The van der Waals surface area contributed by atoms with Crippen molar-refractivity contribution in [3.8, 4) is 5.75 Å². The van der Waals surface area contributed by atoms with Crippen LogP contribution < -0.4 is 0 Å². The van der Waals surface area contributed by atoms with Crippen molar-refractivity contribution in [1.29, 1.82) is 0 Å². The zero-order valence-electron chi connectivity index (χ0n) is 13.2. The maximum Gasteiger partial charge on any atom is 0.259 e. The lowest BCUT2D eigenvalue weighted by molar-refractivity contribution is 0.0784. The zero-order chi connectivity index (χ0) is 17.1. The number of amides is 1. The fraction of sp³-hybridized carbons (Fsp3) is 0.316. The van der Waals surface area contributed by atoms with Crippen molar-refractivity contribution in [1.82, 2.24) is 4.90 Å². The SMILES string of the molecule is O=C(c1c(O)cc(Cl)cc1Cl)N1CCC(CCc2ccccc2)C1. The monoisotopic (exact) mass is 363 g/mol. The number of likely N-dealkylation sites (tertiary alicyclic amines) is 1. The highest BCUT2D eigenvalue weighted by Crippen LogP contribution is 2.33. The van der Waals surface area contributed by atoms with Crippen LogP contribution in [0.4, 0.5) is 0 Å². The van der Waals surface area contributed by atoms with Crippen molar-refractivity contribution in [2.45, 2.75) is 19.3 Å². The van der Waals surface area contributed by atoms with Crippen LogP contribution in [0.5, 0.6) is 5.75 Å². The normalized spacial score (nSPS) is 17.2. The average Bonchev–Trinajstić information content (AvgIpc) is 3.02. The fourth-order valence-corrected chi connectivity index (χ4v) is 3.76. The molecule has 1 unspecified atom stereocenters. The van der Waals surface area contributed by atoms with Crippen molar-refractivity contribution in [2.75, 3.05) is 13.1 Å². The first-order chi connectivity index (χ1) is 11.5. The maximum absolute atomic E-state index is 12.7. The predicted molar refractivity (Wildman–Crippen MR) is 96.9 cm³/mol. The highest BCUT2D eigenvalue weighted by Gasteiger charge is 2.29. The van der Waals surface area contributed by atoms with E-state index in [0.717, 1.165) is 19.3 Å². The number of carbonyl (C=O) groups is 1. The van der Waals surface area contributed by atoms with Gasteiger partial charge in [-0.05, 0) is 42.9 Å². The molecule has 2 aromatic carbocycles. The van der Waals surface area contributed by atoms with Crippen LogP contribution in [-0.2, 0) is 6.42 Å². The van der Waals surface area contributed by atoms with Crippen LogP contribution in [0.3, 0.4) is 0 Å². The van der Waals surface area contributed by atoms with Gasteiger partial charge in [0.25, 0.3) is 5.91 Å². The second kappa shape index (κ2) is 7.45. The van der Waals surface area contributed by atoms with E-state index in [9.17, 15) is 9.90 Å². The van der Waals surface area contributed by atoms with Gasteiger partial charge in [-0.15, -0.1) is 0 Å². The molecule has 1 saturated heterocycles. The molecule has 1 N–H and O–H groups in total. The van der Waals surface area contributed by atoms with E-state index in [0.29, 0.717) is 24.0 Å². The van der Waals surface area contributed by atoms with Gasteiger partial charge in [0.1, 0.15) is 5.75 Å². The summed E-state index contributed by atoms with van der Waals surface area (Å²) in [5.41, 5.74) is 1.46. The Hall–Kier alpha value is -1.71. The molecule has 126 valence electrons. The molecule has 1 amide bonds. The molecule has 1 heterocycles. The summed E-state index contributed by atoms with van der Waals surface area (Å²) in [6, 6.07) is 13.2. The molecule has 0 aromatic heterocycles. The Morgan fingerprint density at radius 1 is 1.21 bits per heavy atom. The van der Waals surface area contributed by atoms with Gasteiger partial charge in [0, 0.05) is 18.1 Å². The number of hydrogen-bond acceptors (Lipinski definition) is 2. The third kappa shape index (κ3) is 3.85. The van der Waals surface area contributed by atoms with Crippen LogP contribution in [0.15, 0.2) is 42.5 Å². The van der Waals surface area contributed by atoms with E-state index in [-0.39, 0.29) is 22.2 Å². The van der Waals surface area contributed by atoms with E-state index in [1.165, 1.54) is 17.7 Å². The molecular weight excluding hydrogens is 345 g/mol. The van der Waals surface area contributed by atoms with E-state index in [1.54, 1.807) is 4.90 Å². The first kappa shape index (κ1) is 17.1. The molecule has 5 heteroatoms. The van der Waals surface area contributed by atoms with E-state index in [4.69, 9.17) is 23.2 Å². The summed E-state index contributed by atoms with van der Waals surface area (Å²) in [6.07, 6.45) is 3.04. The molecule has 24 heavy (non-hydrogen) atoms. The number of rotatable bonds is 4. The second-order valence-electron chi connectivity index (χ2n) is 6.21. The summed E-state index contributed by atoms with van der Waals surface area (Å²) in [5, 5.41) is 10.5. The molecule has 3 rings (SSSR count). The van der Waals surface area contributed by atoms with Crippen LogP contribution in [0, 0.1) is 5.92 Å². The van der Waals surface area contributed by atoms with E-state index < -0.39 is 0 Å². The van der Waals surface area contributed by atoms with Gasteiger partial charge in [0.2, 0.25) is 0 Å². The number of halogens is 2. The molecule has 0 saturated carbocycles. The minimum Gasteiger partial charge on any atom is -0.507 e. The number of nitrogens with zero attached hydrogens (tertiary/aromatic N) is 1.